The minimum atomic E-state index is -1.76. The van der Waals surface area contributed by atoms with Crippen LogP contribution < -0.4 is 0 Å². The number of ether oxygens (including phenoxy) is 5. The number of cyclic esters (lactones) is 3. The van der Waals surface area contributed by atoms with Crippen LogP contribution in [-0.2, 0) is 52.5 Å². The molecule has 9 rings (SSSR count). The number of ketones is 1. The van der Waals surface area contributed by atoms with Crippen LogP contribution in [0.4, 0.5) is 0 Å². The highest BCUT2D eigenvalue weighted by atomic mass is 16.6. The lowest BCUT2D eigenvalue weighted by Crippen LogP contribution is -2.67. The molecule has 54 heavy (non-hydrogen) atoms. The van der Waals surface area contributed by atoms with Gasteiger partial charge in [-0.25, -0.2) is 14.4 Å². The van der Waals surface area contributed by atoms with Crippen LogP contribution in [0.25, 0.3) is 0 Å². The van der Waals surface area contributed by atoms with E-state index in [0.717, 1.165) is 0 Å². The first kappa shape index (κ1) is 35.6. The van der Waals surface area contributed by atoms with E-state index < -0.39 is 87.8 Å². The molecule has 0 radical (unpaired) electrons. The molecule has 0 amide bonds. The lowest BCUT2D eigenvalue weighted by molar-refractivity contribution is -0.186. The zero-order chi connectivity index (χ0) is 38.7. The topological polar surface area (TPSA) is 209 Å². The van der Waals surface area contributed by atoms with Crippen LogP contribution in [-0.4, -0.2) is 101 Å². The van der Waals surface area contributed by atoms with Gasteiger partial charge in [-0.1, -0.05) is 13.8 Å². The maximum atomic E-state index is 14.6. The molecule has 7 aliphatic carbocycles. The Morgan fingerprint density at radius 3 is 2.30 bits per heavy atom. The standard InChI is InChI=1S/C40H44O14/c1-16-8-9-51-26(41)6-7-27(42)52-14-18-19-12-24-36(3,20-10-23(20)39(24,49)15-53-33(16)45)25-13-38(48)22-11-21(22)37(4)31(38)29(40(19,25)54-35(18)47)28(30(43)32(37)44)17(2)34(46)50-5/h8,20-25,32,44,48-49H,6-7,9-15H2,1-5H3/b16-8-,28-17-/t20-,21-,22+,23+,24-,25+,32+,36+,37+,38+,39+,40+/m1/s1. The molecule has 288 valence electrons. The number of aliphatic hydroxyl groups excluding tert-OH is 1. The van der Waals surface area contributed by atoms with Crippen LogP contribution in [0.5, 0.6) is 0 Å². The number of fused-ring (bicyclic) bond motifs is 7. The van der Waals surface area contributed by atoms with E-state index in [0.29, 0.717) is 24.0 Å². The van der Waals surface area contributed by atoms with Gasteiger partial charge in [-0.3, -0.25) is 14.4 Å². The summed E-state index contributed by atoms with van der Waals surface area (Å²) in [6.07, 6.45) is 0.285. The Morgan fingerprint density at radius 1 is 0.907 bits per heavy atom. The average Bonchev–Trinajstić information content (AvgIpc) is 4.05. The van der Waals surface area contributed by atoms with Crippen molar-refractivity contribution in [1.82, 2.24) is 0 Å². The average molecular weight is 749 g/mol. The van der Waals surface area contributed by atoms with Crippen LogP contribution in [0.3, 0.4) is 0 Å². The Bertz CT molecular complexity index is 2020. The van der Waals surface area contributed by atoms with Gasteiger partial charge in [0.25, 0.3) is 0 Å². The van der Waals surface area contributed by atoms with Crippen molar-refractivity contribution in [2.45, 2.75) is 89.1 Å². The molecule has 0 unspecified atom stereocenters. The van der Waals surface area contributed by atoms with E-state index in [-0.39, 0.29) is 90.4 Å². The van der Waals surface area contributed by atoms with Gasteiger partial charge >= 0.3 is 29.8 Å². The van der Waals surface area contributed by atoms with E-state index in [1.165, 1.54) is 27.0 Å². The van der Waals surface area contributed by atoms with Gasteiger partial charge in [0.05, 0.1) is 31.1 Å². The number of methoxy groups -OCH3 is 1. The minimum Gasteiger partial charge on any atom is -0.466 e. The Morgan fingerprint density at radius 2 is 1.59 bits per heavy atom. The second-order valence-corrected chi connectivity index (χ2v) is 17.4. The van der Waals surface area contributed by atoms with Gasteiger partial charge in [-0.05, 0) is 85.8 Å². The lowest BCUT2D eigenvalue weighted by Gasteiger charge is -2.63. The second-order valence-electron chi connectivity index (χ2n) is 17.4. The molecule has 2 aliphatic heterocycles. The maximum Gasteiger partial charge on any atom is 0.338 e. The Labute approximate surface area is 310 Å². The fourth-order valence-electron chi connectivity index (χ4n) is 12.7. The molecule has 9 aliphatic rings. The van der Waals surface area contributed by atoms with Crippen molar-refractivity contribution in [3.05, 3.63) is 45.1 Å². The summed E-state index contributed by atoms with van der Waals surface area (Å²) in [6.45, 7) is 5.51. The van der Waals surface area contributed by atoms with Crippen molar-refractivity contribution in [3.8, 4) is 0 Å². The number of rotatable bonds is 1. The van der Waals surface area contributed by atoms with Crippen LogP contribution in [0, 0.1) is 46.3 Å². The van der Waals surface area contributed by atoms with Gasteiger partial charge < -0.3 is 39.0 Å². The summed E-state index contributed by atoms with van der Waals surface area (Å²) in [5.41, 5.74) is -6.31. The fraction of sp³-hybridized carbons (Fsp3) is 0.650. The van der Waals surface area contributed by atoms with Crippen LogP contribution in [0.2, 0.25) is 0 Å². The molecule has 12 atom stereocenters. The Hall–Kier alpha value is -4.14. The van der Waals surface area contributed by atoms with Gasteiger partial charge in [0, 0.05) is 39.5 Å². The molecule has 1 spiro atoms. The third-order valence-electron chi connectivity index (χ3n) is 15.3. The molecule has 2 bridgehead atoms. The van der Waals surface area contributed by atoms with Gasteiger partial charge in [0.15, 0.2) is 11.4 Å². The summed E-state index contributed by atoms with van der Waals surface area (Å²) in [5, 5.41) is 37.7. The van der Waals surface area contributed by atoms with Crippen LogP contribution >= 0.6 is 0 Å². The molecule has 5 fully saturated rings. The zero-order valence-electron chi connectivity index (χ0n) is 30.8. The van der Waals surface area contributed by atoms with E-state index >= 15 is 0 Å². The van der Waals surface area contributed by atoms with Crippen molar-refractivity contribution < 1.29 is 67.8 Å². The molecular formula is C40H44O14. The molecule has 0 aromatic rings. The summed E-state index contributed by atoms with van der Waals surface area (Å²) < 4.78 is 28.2. The first-order chi connectivity index (χ1) is 25.4. The van der Waals surface area contributed by atoms with Crippen molar-refractivity contribution in [2.75, 3.05) is 26.9 Å². The Kier molecular flexibility index (Phi) is 7.24. The first-order valence-electron chi connectivity index (χ1n) is 18.8. The quantitative estimate of drug-likeness (QED) is 0.197. The van der Waals surface area contributed by atoms with Crippen molar-refractivity contribution in [1.29, 1.82) is 0 Å². The number of hydrogen-bond donors (Lipinski definition) is 3. The minimum absolute atomic E-state index is 0.00783. The van der Waals surface area contributed by atoms with E-state index in [1.807, 2.05) is 6.92 Å². The molecule has 0 saturated heterocycles. The van der Waals surface area contributed by atoms with E-state index in [2.05, 4.69) is 0 Å². The maximum absolute atomic E-state index is 14.6. The van der Waals surface area contributed by atoms with Gasteiger partial charge in [0.1, 0.15) is 31.5 Å². The van der Waals surface area contributed by atoms with E-state index in [4.69, 9.17) is 23.7 Å². The third kappa shape index (κ3) is 4.11. The molecule has 2 heterocycles. The smallest absolute Gasteiger partial charge is 0.338 e. The molecule has 14 nitrogen and oxygen atoms in total. The summed E-state index contributed by atoms with van der Waals surface area (Å²) >= 11 is 0. The predicted octanol–water partition coefficient (Wildman–Crippen LogP) is 1.49. The SMILES string of the molecule is COC(=O)/C(C)=C1\C(=O)[C@H](O)[C@]2(C)C3=C1[C@]14OC(=O)C5=C1C[C@H]1[C@](O)(COC(=O)/C(C)=C\COC(=O)CCC(=O)OC5)[C@H]5C[C@H]5[C@]1(C)[C@@H]4C[C@]3(O)[C@H]1C[C@H]12. The number of hydrogen-bond acceptors (Lipinski definition) is 14. The third-order valence-corrected chi connectivity index (χ3v) is 15.3. The summed E-state index contributed by atoms with van der Waals surface area (Å²) in [6, 6.07) is 0. The van der Waals surface area contributed by atoms with Crippen molar-refractivity contribution >= 4 is 35.6 Å². The highest BCUT2D eigenvalue weighted by Gasteiger charge is 2.86. The number of Topliss-reactive ketones (excluding diaryl/α,β-unsaturated/α-hetero) is 1. The number of carbonyl (C=O) groups is 6. The van der Waals surface area contributed by atoms with Crippen LogP contribution in [0.1, 0.15) is 66.2 Å². The second kappa shape index (κ2) is 11.0. The van der Waals surface area contributed by atoms with Crippen molar-refractivity contribution in [3.63, 3.8) is 0 Å². The highest BCUT2D eigenvalue weighted by molar-refractivity contribution is 6.12. The molecule has 0 aromatic carbocycles. The van der Waals surface area contributed by atoms with Crippen molar-refractivity contribution in [2.24, 2.45) is 46.3 Å². The summed E-state index contributed by atoms with van der Waals surface area (Å²) in [4.78, 5) is 80.8. The molecule has 0 aromatic heterocycles. The number of esters is 5. The summed E-state index contributed by atoms with van der Waals surface area (Å²) in [7, 11) is 1.17. The predicted molar refractivity (Wildman–Crippen MR) is 180 cm³/mol. The molecule has 5 saturated carbocycles. The normalized spacial score (nSPS) is 48.0. The fourth-order valence-corrected chi connectivity index (χ4v) is 12.7. The molecule has 14 heteroatoms. The lowest BCUT2D eigenvalue weighted by atomic mass is 9.43. The van der Waals surface area contributed by atoms with Gasteiger partial charge in [-0.15, -0.1) is 0 Å². The van der Waals surface area contributed by atoms with Crippen LogP contribution in [0.15, 0.2) is 45.1 Å². The number of carbonyl (C=O) groups excluding carboxylic acids is 6. The van der Waals surface area contributed by atoms with E-state index in [1.54, 1.807) is 6.92 Å². The summed E-state index contributed by atoms with van der Waals surface area (Å²) in [5.74, 6) is -7.12. The highest BCUT2D eigenvalue weighted by Crippen LogP contribution is 2.84. The number of aliphatic hydroxyl groups is 3. The monoisotopic (exact) mass is 748 g/mol. The molecule has 3 N–H and O–H groups in total. The first-order valence-corrected chi connectivity index (χ1v) is 18.8. The van der Waals surface area contributed by atoms with Gasteiger partial charge in [0.2, 0.25) is 0 Å². The molecular weight excluding hydrogens is 704 g/mol. The Balaban J connectivity index is 1.30. The van der Waals surface area contributed by atoms with E-state index in [9.17, 15) is 44.1 Å². The zero-order valence-corrected chi connectivity index (χ0v) is 30.8. The largest absolute Gasteiger partial charge is 0.466 e. The van der Waals surface area contributed by atoms with Gasteiger partial charge in [-0.2, -0.15) is 0 Å².